The number of methoxy groups -OCH3 is 1. The summed E-state index contributed by atoms with van der Waals surface area (Å²) in [6, 6.07) is 5.77. The molecule has 2 aromatic rings. The SMILES string of the molecule is COc1cc(CC(C)N)cc(Br)c1OCc1ccno1. The number of nitrogens with zero attached hydrogens (tertiary/aromatic N) is 1. The third-order valence-corrected chi connectivity index (χ3v) is 3.29. The van der Waals surface area contributed by atoms with Crippen molar-refractivity contribution in [2.75, 3.05) is 7.11 Å². The van der Waals surface area contributed by atoms with Crippen molar-refractivity contribution in [1.29, 1.82) is 0 Å². The summed E-state index contributed by atoms with van der Waals surface area (Å²) < 4.78 is 16.9. The second-order valence-electron chi connectivity index (χ2n) is 4.56. The van der Waals surface area contributed by atoms with Crippen LogP contribution in [0.15, 0.2) is 33.4 Å². The summed E-state index contributed by atoms with van der Waals surface area (Å²) in [7, 11) is 1.61. The number of ether oxygens (including phenoxy) is 2. The number of hydrogen-bond acceptors (Lipinski definition) is 5. The summed E-state index contributed by atoms with van der Waals surface area (Å²) in [5.41, 5.74) is 6.91. The van der Waals surface area contributed by atoms with E-state index in [4.69, 9.17) is 19.7 Å². The Labute approximate surface area is 126 Å². The quantitative estimate of drug-likeness (QED) is 0.875. The molecule has 1 atom stereocenters. The Kier molecular flexibility index (Phi) is 5.03. The molecule has 1 unspecified atom stereocenters. The standard InChI is InChI=1S/C14H17BrN2O3/c1-9(16)5-10-6-12(15)14(13(7-10)18-2)19-8-11-3-4-17-20-11/h3-4,6-7,9H,5,8,16H2,1-2H3. The fourth-order valence-electron chi connectivity index (χ4n) is 1.86. The molecule has 0 radical (unpaired) electrons. The predicted octanol–water partition coefficient (Wildman–Crippen LogP) is 2.91. The second-order valence-corrected chi connectivity index (χ2v) is 5.41. The molecule has 2 rings (SSSR count). The Morgan fingerprint density at radius 1 is 1.45 bits per heavy atom. The molecule has 20 heavy (non-hydrogen) atoms. The van der Waals surface area contributed by atoms with E-state index in [-0.39, 0.29) is 6.04 Å². The van der Waals surface area contributed by atoms with E-state index >= 15 is 0 Å². The van der Waals surface area contributed by atoms with Crippen LogP contribution in [0.4, 0.5) is 0 Å². The number of rotatable bonds is 6. The summed E-state index contributed by atoms with van der Waals surface area (Å²) in [6.45, 7) is 2.26. The van der Waals surface area contributed by atoms with Crippen molar-refractivity contribution in [2.24, 2.45) is 5.73 Å². The molecule has 0 saturated carbocycles. The molecule has 0 spiro atoms. The van der Waals surface area contributed by atoms with Crippen LogP contribution in [0.1, 0.15) is 18.2 Å². The molecule has 5 nitrogen and oxygen atoms in total. The van der Waals surface area contributed by atoms with Crippen molar-refractivity contribution >= 4 is 15.9 Å². The van der Waals surface area contributed by atoms with E-state index in [9.17, 15) is 0 Å². The number of halogens is 1. The van der Waals surface area contributed by atoms with Gasteiger partial charge in [-0.1, -0.05) is 5.16 Å². The van der Waals surface area contributed by atoms with Gasteiger partial charge in [0.05, 0.1) is 17.8 Å². The first kappa shape index (κ1) is 14.9. The number of hydrogen-bond donors (Lipinski definition) is 1. The molecule has 1 aromatic heterocycles. The van der Waals surface area contributed by atoms with E-state index in [1.54, 1.807) is 19.4 Å². The number of benzene rings is 1. The molecular formula is C14H17BrN2O3. The van der Waals surface area contributed by atoms with Gasteiger partial charge < -0.3 is 19.7 Å². The van der Waals surface area contributed by atoms with E-state index in [1.807, 2.05) is 19.1 Å². The first-order valence-corrected chi connectivity index (χ1v) is 7.03. The molecule has 0 fully saturated rings. The average molecular weight is 341 g/mol. The Morgan fingerprint density at radius 2 is 2.25 bits per heavy atom. The van der Waals surface area contributed by atoms with Crippen LogP contribution < -0.4 is 15.2 Å². The van der Waals surface area contributed by atoms with Crippen molar-refractivity contribution in [3.05, 3.63) is 40.2 Å². The summed E-state index contributed by atoms with van der Waals surface area (Å²) in [6.07, 6.45) is 2.36. The van der Waals surface area contributed by atoms with Gasteiger partial charge in [0.15, 0.2) is 17.3 Å². The zero-order valence-corrected chi connectivity index (χ0v) is 13.0. The van der Waals surface area contributed by atoms with Gasteiger partial charge in [-0.05, 0) is 47.0 Å². The van der Waals surface area contributed by atoms with E-state index in [1.165, 1.54) is 0 Å². The summed E-state index contributed by atoms with van der Waals surface area (Å²) >= 11 is 3.50. The highest BCUT2D eigenvalue weighted by Crippen LogP contribution is 2.37. The van der Waals surface area contributed by atoms with Gasteiger partial charge >= 0.3 is 0 Å². The molecule has 0 aliphatic carbocycles. The van der Waals surface area contributed by atoms with Crippen molar-refractivity contribution in [2.45, 2.75) is 26.0 Å². The van der Waals surface area contributed by atoms with Gasteiger partial charge in [-0.25, -0.2) is 0 Å². The van der Waals surface area contributed by atoms with Crippen molar-refractivity contribution in [3.63, 3.8) is 0 Å². The van der Waals surface area contributed by atoms with Crippen LogP contribution in [0.2, 0.25) is 0 Å². The van der Waals surface area contributed by atoms with Gasteiger partial charge in [0.25, 0.3) is 0 Å². The molecule has 0 aliphatic rings. The summed E-state index contributed by atoms with van der Waals surface area (Å²) in [5, 5.41) is 3.63. The summed E-state index contributed by atoms with van der Waals surface area (Å²) in [5.74, 6) is 1.95. The van der Waals surface area contributed by atoms with E-state index in [2.05, 4.69) is 21.1 Å². The molecule has 0 amide bonds. The minimum atomic E-state index is 0.0903. The van der Waals surface area contributed by atoms with Gasteiger partial charge in [-0.2, -0.15) is 0 Å². The Balaban J connectivity index is 2.18. The number of aromatic nitrogens is 1. The van der Waals surface area contributed by atoms with Crippen molar-refractivity contribution in [3.8, 4) is 11.5 Å². The largest absolute Gasteiger partial charge is 0.493 e. The number of nitrogens with two attached hydrogens (primary N) is 1. The fraction of sp³-hybridized carbons (Fsp3) is 0.357. The van der Waals surface area contributed by atoms with Crippen molar-refractivity contribution < 1.29 is 14.0 Å². The van der Waals surface area contributed by atoms with Gasteiger partial charge in [-0.3, -0.25) is 0 Å². The van der Waals surface area contributed by atoms with Crippen LogP contribution in [-0.4, -0.2) is 18.3 Å². The average Bonchev–Trinajstić information content (AvgIpc) is 2.89. The third kappa shape index (κ3) is 3.74. The Bertz CT molecular complexity index is 556. The molecule has 2 N–H and O–H groups in total. The minimum absolute atomic E-state index is 0.0903. The first-order valence-electron chi connectivity index (χ1n) is 6.24. The predicted molar refractivity (Wildman–Crippen MR) is 78.9 cm³/mol. The molecule has 0 aliphatic heterocycles. The zero-order chi connectivity index (χ0) is 14.5. The lowest BCUT2D eigenvalue weighted by Crippen LogP contribution is -2.17. The lowest BCUT2D eigenvalue weighted by atomic mass is 10.1. The maximum absolute atomic E-state index is 5.82. The maximum Gasteiger partial charge on any atom is 0.176 e. The van der Waals surface area contributed by atoms with Crippen LogP contribution >= 0.6 is 15.9 Å². The highest BCUT2D eigenvalue weighted by Gasteiger charge is 2.13. The highest BCUT2D eigenvalue weighted by atomic mass is 79.9. The Hall–Kier alpha value is -1.53. The Morgan fingerprint density at radius 3 is 2.85 bits per heavy atom. The van der Waals surface area contributed by atoms with Crippen LogP contribution in [0.5, 0.6) is 11.5 Å². The first-order chi connectivity index (χ1) is 9.60. The second kappa shape index (κ2) is 6.76. The van der Waals surface area contributed by atoms with Crippen LogP contribution in [0, 0.1) is 0 Å². The molecule has 1 aromatic carbocycles. The van der Waals surface area contributed by atoms with Crippen molar-refractivity contribution in [1.82, 2.24) is 5.16 Å². The van der Waals surface area contributed by atoms with Gasteiger partial charge in [0, 0.05) is 12.1 Å². The van der Waals surface area contributed by atoms with Gasteiger partial charge in [-0.15, -0.1) is 0 Å². The highest BCUT2D eigenvalue weighted by molar-refractivity contribution is 9.10. The molecule has 108 valence electrons. The lowest BCUT2D eigenvalue weighted by molar-refractivity contribution is 0.237. The maximum atomic E-state index is 5.82. The molecular weight excluding hydrogens is 324 g/mol. The van der Waals surface area contributed by atoms with Crippen LogP contribution in [0.3, 0.4) is 0 Å². The minimum Gasteiger partial charge on any atom is -0.493 e. The molecule has 0 bridgehead atoms. The fourth-order valence-corrected chi connectivity index (χ4v) is 2.47. The van der Waals surface area contributed by atoms with Crippen LogP contribution in [-0.2, 0) is 13.0 Å². The third-order valence-electron chi connectivity index (χ3n) is 2.70. The van der Waals surface area contributed by atoms with E-state index in [0.29, 0.717) is 23.9 Å². The van der Waals surface area contributed by atoms with E-state index in [0.717, 1.165) is 16.5 Å². The zero-order valence-electron chi connectivity index (χ0n) is 11.4. The van der Waals surface area contributed by atoms with Gasteiger partial charge in [0.1, 0.15) is 6.61 Å². The normalized spacial score (nSPS) is 12.2. The van der Waals surface area contributed by atoms with E-state index < -0.39 is 0 Å². The monoisotopic (exact) mass is 340 g/mol. The molecule has 1 heterocycles. The van der Waals surface area contributed by atoms with Gasteiger partial charge in [0.2, 0.25) is 0 Å². The summed E-state index contributed by atoms with van der Waals surface area (Å²) in [4.78, 5) is 0. The molecule has 6 heteroatoms. The van der Waals surface area contributed by atoms with Crippen LogP contribution in [0.25, 0.3) is 0 Å². The topological polar surface area (TPSA) is 70.5 Å². The smallest absolute Gasteiger partial charge is 0.176 e. The molecule has 0 saturated heterocycles. The lowest BCUT2D eigenvalue weighted by Gasteiger charge is -2.14.